The maximum atomic E-state index is 13.6. The number of halogens is 1. The zero-order valence-corrected chi connectivity index (χ0v) is 16.6. The van der Waals surface area contributed by atoms with Gasteiger partial charge in [0.05, 0.1) is 17.5 Å². The molecule has 1 atom stereocenters. The summed E-state index contributed by atoms with van der Waals surface area (Å²) in [6.07, 6.45) is 4.06. The van der Waals surface area contributed by atoms with Crippen molar-refractivity contribution in [3.05, 3.63) is 71.4 Å². The first-order chi connectivity index (χ1) is 13.6. The van der Waals surface area contributed by atoms with Crippen LogP contribution in [0.25, 0.3) is 5.65 Å². The zero-order chi connectivity index (χ0) is 19.5. The summed E-state index contributed by atoms with van der Waals surface area (Å²) in [6.45, 7) is 4.09. The number of rotatable bonds is 5. The topological polar surface area (TPSA) is 49.6 Å². The number of thioether (sulfide) groups is 1. The predicted molar refractivity (Wildman–Crippen MR) is 110 cm³/mol. The number of imidazole rings is 1. The highest BCUT2D eigenvalue weighted by molar-refractivity contribution is 7.99. The zero-order valence-electron chi connectivity index (χ0n) is 15.8. The summed E-state index contributed by atoms with van der Waals surface area (Å²) in [5.74, 6) is 0.884. The van der Waals surface area contributed by atoms with Gasteiger partial charge in [-0.25, -0.2) is 9.37 Å². The number of fused-ring (bicyclic) bond motifs is 1. The second-order valence-corrected chi connectivity index (χ2v) is 8.04. The molecule has 0 aliphatic carbocycles. The maximum Gasteiger partial charge on any atom is 0.233 e. The summed E-state index contributed by atoms with van der Waals surface area (Å²) >= 11 is 1.57. The fourth-order valence-electron chi connectivity index (χ4n) is 3.57. The van der Waals surface area contributed by atoms with Gasteiger partial charge in [-0.2, -0.15) is 0 Å². The molecule has 1 saturated heterocycles. The molecule has 1 amide bonds. The highest BCUT2D eigenvalue weighted by atomic mass is 32.2. The summed E-state index contributed by atoms with van der Waals surface area (Å²) in [5, 5.41) is 3.30. The van der Waals surface area contributed by atoms with Crippen LogP contribution in [0.5, 0.6) is 0 Å². The van der Waals surface area contributed by atoms with Gasteiger partial charge in [0.2, 0.25) is 5.91 Å². The number of pyridine rings is 1. The smallest absolute Gasteiger partial charge is 0.233 e. The highest BCUT2D eigenvalue weighted by Crippen LogP contribution is 2.24. The van der Waals surface area contributed by atoms with Crippen molar-refractivity contribution in [1.29, 1.82) is 0 Å². The first-order valence-electron chi connectivity index (χ1n) is 9.38. The lowest BCUT2D eigenvalue weighted by atomic mass is 10.0. The van der Waals surface area contributed by atoms with Gasteiger partial charge in [0.15, 0.2) is 0 Å². The van der Waals surface area contributed by atoms with Gasteiger partial charge in [-0.1, -0.05) is 18.2 Å². The summed E-state index contributed by atoms with van der Waals surface area (Å²) in [7, 11) is 0. The van der Waals surface area contributed by atoms with Crippen molar-refractivity contribution in [2.45, 2.75) is 18.7 Å². The highest BCUT2D eigenvalue weighted by Gasteiger charge is 2.27. The Balaban J connectivity index is 1.38. The molecule has 1 aromatic carbocycles. The van der Waals surface area contributed by atoms with Crippen LogP contribution in [0.2, 0.25) is 0 Å². The van der Waals surface area contributed by atoms with E-state index >= 15 is 0 Å². The molecule has 0 bridgehead atoms. The van der Waals surface area contributed by atoms with Crippen LogP contribution in [0, 0.1) is 12.7 Å². The SMILES string of the molecule is Cc1ccc2nc(CSCC(=O)N3CCNCC3c3cccc(F)c3)cn2c1. The molecule has 3 heterocycles. The minimum absolute atomic E-state index is 0.0837. The Morgan fingerprint density at radius 2 is 2.21 bits per heavy atom. The Labute approximate surface area is 167 Å². The number of amides is 1. The molecular formula is C21H23FN4OS. The molecule has 2 aromatic heterocycles. The molecule has 4 rings (SSSR count). The van der Waals surface area contributed by atoms with Crippen LogP contribution in [0.15, 0.2) is 48.8 Å². The van der Waals surface area contributed by atoms with Gasteiger partial charge in [0.25, 0.3) is 0 Å². The number of aryl methyl sites for hydroxylation is 1. The number of carbonyl (C=O) groups excluding carboxylic acids is 1. The Bertz CT molecular complexity index is 989. The average molecular weight is 399 g/mol. The van der Waals surface area contributed by atoms with Gasteiger partial charge in [0, 0.05) is 37.8 Å². The quantitative estimate of drug-likeness (QED) is 0.717. The minimum atomic E-state index is -0.271. The van der Waals surface area contributed by atoms with Crippen molar-refractivity contribution < 1.29 is 9.18 Å². The lowest BCUT2D eigenvalue weighted by Gasteiger charge is -2.36. The van der Waals surface area contributed by atoms with E-state index in [2.05, 4.69) is 17.2 Å². The van der Waals surface area contributed by atoms with E-state index in [4.69, 9.17) is 0 Å². The van der Waals surface area contributed by atoms with E-state index in [0.29, 0.717) is 24.6 Å². The van der Waals surface area contributed by atoms with Crippen LogP contribution in [0.1, 0.15) is 22.9 Å². The van der Waals surface area contributed by atoms with E-state index in [1.165, 1.54) is 17.7 Å². The molecule has 3 aromatic rings. The average Bonchev–Trinajstić information content (AvgIpc) is 3.09. The van der Waals surface area contributed by atoms with Gasteiger partial charge in [0.1, 0.15) is 11.5 Å². The number of hydrogen-bond acceptors (Lipinski definition) is 4. The van der Waals surface area contributed by atoms with Crippen molar-refractivity contribution in [1.82, 2.24) is 19.6 Å². The molecular weight excluding hydrogens is 375 g/mol. The van der Waals surface area contributed by atoms with Crippen LogP contribution in [0.3, 0.4) is 0 Å². The first kappa shape index (κ1) is 19.0. The summed E-state index contributed by atoms with van der Waals surface area (Å²) in [6, 6.07) is 10.4. The van der Waals surface area contributed by atoms with Crippen LogP contribution in [-0.2, 0) is 10.5 Å². The number of aromatic nitrogens is 2. The number of nitrogens with zero attached hydrogens (tertiary/aromatic N) is 3. The fraction of sp³-hybridized carbons (Fsp3) is 0.333. The molecule has 0 spiro atoms. The van der Waals surface area contributed by atoms with Crippen LogP contribution >= 0.6 is 11.8 Å². The number of nitrogens with one attached hydrogen (secondary N) is 1. The van der Waals surface area contributed by atoms with Crippen molar-refractivity contribution in [3.8, 4) is 0 Å². The number of carbonyl (C=O) groups is 1. The van der Waals surface area contributed by atoms with Crippen molar-refractivity contribution >= 4 is 23.3 Å². The lowest BCUT2D eigenvalue weighted by Crippen LogP contribution is -2.49. The molecule has 1 N–H and O–H groups in total. The monoisotopic (exact) mass is 398 g/mol. The maximum absolute atomic E-state index is 13.6. The molecule has 28 heavy (non-hydrogen) atoms. The molecule has 1 aliphatic rings. The fourth-order valence-corrected chi connectivity index (χ4v) is 4.36. The van der Waals surface area contributed by atoms with Gasteiger partial charge in [-0.15, -0.1) is 11.8 Å². The van der Waals surface area contributed by atoms with Gasteiger partial charge < -0.3 is 14.6 Å². The van der Waals surface area contributed by atoms with Crippen LogP contribution in [-0.4, -0.2) is 45.6 Å². The standard InChI is InChI=1S/C21H23FN4OS/c1-15-5-6-20-24-18(12-25(20)11-15)13-28-14-21(27)26-8-7-23-10-19(26)16-3-2-4-17(22)9-16/h2-6,9,11-12,19,23H,7-8,10,13-14H2,1H3. The van der Waals surface area contributed by atoms with E-state index < -0.39 is 0 Å². The third-order valence-electron chi connectivity index (χ3n) is 4.92. The summed E-state index contributed by atoms with van der Waals surface area (Å²) < 4.78 is 15.6. The van der Waals surface area contributed by atoms with E-state index in [0.717, 1.165) is 23.4 Å². The van der Waals surface area contributed by atoms with E-state index in [1.54, 1.807) is 17.8 Å². The van der Waals surface area contributed by atoms with E-state index in [9.17, 15) is 9.18 Å². The summed E-state index contributed by atoms with van der Waals surface area (Å²) in [4.78, 5) is 19.3. The van der Waals surface area contributed by atoms with Crippen LogP contribution in [0.4, 0.5) is 4.39 Å². The van der Waals surface area contributed by atoms with E-state index in [1.807, 2.05) is 39.9 Å². The molecule has 7 heteroatoms. The predicted octanol–water partition coefficient (Wildman–Crippen LogP) is 3.19. The third-order valence-corrected chi connectivity index (χ3v) is 5.87. The second-order valence-electron chi connectivity index (χ2n) is 7.06. The molecule has 1 aliphatic heterocycles. The van der Waals surface area contributed by atoms with Gasteiger partial charge in [-0.3, -0.25) is 4.79 Å². The third kappa shape index (κ3) is 4.20. The minimum Gasteiger partial charge on any atom is -0.332 e. The molecule has 1 unspecified atom stereocenters. The Kier molecular flexibility index (Phi) is 5.64. The Morgan fingerprint density at radius 1 is 1.32 bits per heavy atom. The number of piperazine rings is 1. The molecule has 5 nitrogen and oxygen atoms in total. The van der Waals surface area contributed by atoms with Gasteiger partial charge >= 0.3 is 0 Å². The molecule has 1 fully saturated rings. The number of hydrogen-bond donors (Lipinski definition) is 1. The Hall–Kier alpha value is -2.38. The van der Waals surface area contributed by atoms with Gasteiger partial charge in [-0.05, 0) is 36.2 Å². The molecule has 146 valence electrons. The van der Waals surface area contributed by atoms with Crippen LogP contribution < -0.4 is 5.32 Å². The molecule has 0 saturated carbocycles. The normalized spacial score (nSPS) is 17.2. The second kappa shape index (κ2) is 8.32. The van der Waals surface area contributed by atoms with Crippen molar-refractivity contribution in [2.24, 2.45) is 0 Å². The Morgan fingerprint density at radius 3 is 3.07 bits per heavy atom. The first-order valence-corrected chi connectivity index (χ1v) is 10.5. The lowest BCUT2D eigenvalue weighted by molar-refractivity contribution is -0.131. The van der Waals surface area contributed by atoms with E-state index in [-0.39, 0.29) is 17.8 Å². The molecule has 0 radical (unpaired) electrons. The summed E-state index contributed by atoms with van der Waals surface area (Å²) in [5.41, 5.74) is 3.90. The largest absolute Gasteiger partial charge is 0.332 e. The van der Waals surface area contributed by atoms with Crippen molar-refractivity contribution in [2.75, 3.05) is 25.4 Å². The number of benzene rings is 1. The van der Waals surface area contributed by atoms with Crippen molar-refractivity contribution in [3.63, 3.8) is 0 Å².